The van der Waals surface area contributed by atoms with Crippen molar-refractivity contribution >= 4 is 65.4 Å². The van der Waals surface area contributed by atoms with Crippen molar-refractivity contribution in [2.45, 2.75) is 45.2 Å². The van der Waals surface area contributed by atoms with Gasteiger partial charge in [-0.25, -0.2) is 9.97 Å². The first-order chi connectivity index (χ1) is 25.4. The standard InChI is InChI=1S/C47H39N5/c1-30(32-21-23-44-39(25-32)37-15-6-10-18-42(37)51(44)34-27-48-29-49-28-34)31(2)50-41-17-9-5-16-38(41)40-26-33(22-24-43(40)50)47(3,4)52-45-19-11-7-13-35(45)36-14-8-12-20-46(36)52/h5-31H,1-4H3. The van der Waals surface area contributed by atoms with Crippen molar-refractivity contribution < 1.29 is 0 Å². The maximum absolute atomic E-state index is 4.32. The van der Waals surface area contributed by atoms with Gasteiger partial charge in [-0.15, -0.1) is 0 Å². The van der Waals surface area contributed by atoms with Crippen LogP contribution in [0, 0.1) is 0 Å². The molecule has 52 heavy (non-hydrogen) atoms. The van der Waals surface area contributed by atoms with Gasteiger partial charge in [0.25, 0.3) is 0 Å². The Morgan fingerprint density at radius 2 is 0.981 bits per heavy atom. The highest BCUT2D eigenvalue weighted by Crippen LogP contribution is 2.43. The van der Waals surface area contributed by atoms with Gasteiger partial charge in [-0.2, -0.15) is 0 Å². The van der Waals surface area contributed by atoms with E-state index in [1.54, 1.807) is 6.33 Å². The molecule has 0 radical (unpaired) electrons. The van der Waals surface area contributed by atoms with Crippen LogP contribution in [-0.2, 0) is 5.54 Å². The molecule has 10 rings (SSSR count). The van der Waals surface area contributed by atoms with Gasteiger partial charge < -0.3 is 13.7 Å². The van der Waals surface area contributed by atoms with E-state index in [4.69, 9.17) is 0 Å². The Kier molecular flexibility index (Phi) is 6.71. The lowest BCUT2D eigenvalue weighted by molar-refractivity contribution is 0.465. The third-order valence-corrected chi connectivity index (χ3v) is 11.7. The van der Waals surface area contributed by atoms with E-state index in [0.29, 0.717) is 0 Å². The smallest absolute Gasteiger partial charge is 0.115 e. The Labute approximate surface area is 302 Å². The number of aromatic nitrogens is 5. The van der Waals surface area contributed by atoms with Crippen LogP contribution in [0.2, 0.25) is 0 Å². The summed E-state index contributed by atoms with van der Waals surface area (Å²) < 4.78 is 7.37. The van der Waals surface area contributed by atoms with E-state index in [0.717, 1.165) is 16.7 Å². The van der Waals surface area contributed by atoms with E-state index in [1.807, 2.05) is 12.4 Å². The van der Waals surface area contributed by atoms with Crippen LogP contribution in [0.1, 0.15) is 50.8 Å². The van der Waals surface area contributed by atoms with Gasteiger partial charge in [0.05, 0.1) is 34.7 Å². The Morgan fingerprint density at radius 3 is 1.63 bits per heavy atom. The second kappa shape index (κ2) is 11.4. The fraction of sp³-hybridized carbons (Fsp3) is 0.149. The first-order valence-corrected chi connectivity index (χ1v) is 18.2. The van der Waals surface area contributed by atoms with Gasteiger partial charge in [0.2, 0.25) is 0 Å². The molecule has 2 unspecified atom stereocenters. The number of rotatable bonds is 6. The second-order valence-corrected chi connectivity index (χ2v) is 14.8. The van der Waals surface area contributed by atoms with E-state index in [2.05, 4.69) is 185 Å². The number of para-hydroxylation sites is 4. The monoisotopic (exact) mass is 673 g/mol. The fourth-order valence-corrected chi connectivity index (χ4v) is 8.94. The highest BCUT2D eigenvalue weighted by atomic mass is 15.1. The van der Waals surface area contributed by atoms with Crippen LogP contribution in [0.15, 0.2) is 152 Å². The van der Waals surface area contributed by atoms with Crippen molar-refractivity contribution in [2.24, 2.45) is 0 Å². The molecule has 0 saturated heterocycles. The summed E-state index contributed by atoms with van der Waals surface area (Å²) in [5.74, 6) is 0.249. The van der Waals surface area contributed by atoms with E-state index in [1.165, 1.54) is 65.5 Å². The molecule has 5 nitrogen and oxygen atoms in total. The number of benzene rings is 6. The van der Waals surface area contributed by atoms with Gasteiger partial charge in [-0.3, -0.25) is 0 Å². The molecule has 4 aromatic heterocycles. The van der Waals surface area contributed by atoms with E-state index in [-0.39, 0.29) is 17.5 Å². The second-order valence-electron chi connectivity index (χ2n) is 14.8. The molecular formula is C47H39N5. The van der Waals surface area contributed by atoms with Gasteiger partial charge in [-0.05, 0) is 80.4 Å². The van der Waals surface area contributed by atoms with Crippen molar-refractivity contribution in [1.82, 2.24) is 23.7 Å². The predicted molar refractivity (Wildman–Crippen MR) is 217 cm³/mol. The van der Waals surface area contributed by atoms with Crippen LogP contribution in [0.25, 0.3) is 71.1 Å². The number of nitrogens with zero attached hydrogens (tertiary/aromatic N) is 5. The van der Waals surface area contributed by atoms with Crippen LogP contribution in [-0.4, -0.2) is 23.7 Å². The summed E-state index contributed by atoms with van der Waals surface area (Å²) in [6.07, 6.45) is 5.35. The maximum atomic E-state index is 4.32. The summed E-state index contributed by atoms with van der Waals surface area (Å²) in [7, 11) is 0. The fourth-order valence-electron chi connectivity index (χ4n) is 8.94. The van der Waals surface area contributed by atoms with Crippen molar-refractivity contribution in [1.29, 1.82) is 0 Å². The zero-order valence-electron chi connectivity index (χ0n) is 29.8. The molecule has 0 N–H and O–H groups in total. The average molecular weight is 674 g/mol. The highest BCUT2D eigenvalue weighted by molar-refractivity contribution is 6.11. The molecule has 4 heterocycles. The molecule has 0 aliphatic carbocycles. The topological polar surface area (TPSA) is 40.6 Å². The summed E-state index contributed by atoms with van der Waals surface area (Å²) >= 11 is 0. The molecule has 0 saturated carbocycles. The van der Waals surface area contributed by atoms with Crippen LogP contribution in [0.3, 0.4) is 0 Å². The summed E-state index contributed by atoms with van der Waals surface area (Å²) in [5, 5.41) is 7.66. The maximum Gasteiger partial charge on any atom is 0.115 e. The molecule has 10 aromatic rings. The van der Waals surface area contributed by atoms with Crippen molar-refractivity contribution in [3.63, 3.8) is 0 Å². The summed E-state index contributed by atoms with van der Waals surface area (Å²) in [6.45, 7) is 9.46. The lowest BCUT2D eigenvalue weighted by atomic mass is 9.91. The number of fused-ring (bicyclic) bond motifs is 9. The summed E-state index contributed by atoms with van der Waals surface area (Å²) in [6, 6.07) is 49.5. The molecule has 2 atom stereocenters. The third kappa shape index (κ3) is 4.35. The lowest BCUT2D eigenvalue weighted by Gasteiger charge is -2.30. The largest absolute Gasteiger partial charge is 0.337 e. The van der Waals surface area contributed by atoms with Gasteiger partial charge in [0, 0.05) is 66.3 Å². The van der Waals surface area contributed by atoms with Gasteiger partial charge in [0.15, 0.2) is 0 Å². The van der Waals surface area contributed by atoms with E-state index in [9.17, 15) is 0 Å². The van der Waals surface area contributed by atoms with E-state index < -0.39 is 0 Å². The molecule has 6 aromatic carbocycles. The van der Waals surface area contributed by atoms with Crippen molar-refractivity contribution in [3.8, 4) is 5.69 Å². The third-order valence-electron chi connectivity index (χ3n) is 11.7. The van der Waals surface area contributed by atoms with Gasteiger partial charge in [-0.1, -0.05) is 91.9 Å². The van der Waals surface area contributed by atoms with Crippen molar-refractivity contribution in [2.75, 3.05) is 0 Å². The Bertz CT molecular complexity index is 2920. The molecule has 0 fully saturated rings. The SMILES string of the molecule is CC(c1ccc2c(c1)c1ccccc1n2-c1cncnc1)C(C)n1c2ccccc2c2cc(C(C)(C)n3c4ccccc4c4ccccc43)ccc21. The molecule has 0 amide bonds. The normalized spacial score (nSPS) is 13.6. The van der Waals surface area contributed by atoms with Gasteiger partial charge >= 0.3 is 0 Å². The predicted octanol–water partition coefficient (Wildman–Crippen LogP) is 11.9. The molecule has 0 aliphatic heterocycles. The molecule has 0 aliphatic rings. The van der Waals surface area contributed by atoms with Crippen LogP contribution >= 0.6 is 0 Å². The molecular weight excluding hydrogens is 635 g/mol. The minimum atomic E-state index is -0.292. The minimum Gasteiger partial charge on any atom is -0.337 e. The Hall–Kier alpha value is -6.20. The quantitative estimate of drug-likeness (QED) is 0.176. The Morgan fingerprint density at radius 1 is 0.500 bits per heavy atom. The summed E-state index contributed by atoms with van der Waals surface area (Å²) in [4.78, 5) is 8.64. The lowest BCUT2D eigenvalue weighted by Crippen LogP contribution is -2.27. The zero-order chi connectivity index (χ0) is 35.1. The van der Waals surface area contributed by atoms with E-state index >= 15 is 0 Å². The minimum absolute atomic E-state index is 0.201. The van der Waals surface area contributed by atoms with Crippen LogP contribution in [0.4, 0.5) is 0 Å². The first-order valence-electron chi connectivity index (χ1n) is 18.2. The first kappa shape index (κ1) is 30.6. The van der Waals surface area contributed by atoms with Crippen LogP contribution in [0.5, 0.6) is 0 Å². The molecule has 5 heteroatoms. The van der Waals surface area contributed by atoms with Gasteiger partial charge in [0.1, 0.15) is 6.33 Å². The Balaban J connectivity index is 1.10. The van der Waals surface area contributed by atoms with Crippen molar-refractivity contribution in [3.05, 3.63) is 163 Å². The molecule has 252 valence electrons. The molecule has 0 bridgehead atoms. The highest BCUT2D eigenvalue weighted by Gasteiger charge is 2.29. The zero-order valence-corrected chi connectivity index (χ0v) is 29.8. The summed E-state index contributed by atoms with van der Waals surface area (Å²) in [5.41, 5.74) is 10.7. The average Bonchev–Trinajstić information content (AvgIpc) is 3.83. The number of hydrogen-bond acceptors (Lipinski definition) is 2. The molecule has 0 spiro atoms. The number of hydrogen-bond donors (Lipinski definition) is 0. The van der Waals surface area contributed by atoms with Crippen LogP contribution < -0.4 is 0 Å².